The summed E-state index contributed by atoms with van der Waals surface area (Å²) >= 11 is 0. The number of nitrogens with zero attached hydrogens (tertiary/aromatic N) is 1. The summed E-state index contributed by atoms with van der Waals surface area (Å²) in [5.74, 6) is -1.03. The van der Waals surface area contributed by atoms with E-state index >= 15 is 0 Å². The van der Waals surface area contributed by atoms with Gasteiger partial charge in [0.2, 0.25) is 5.91 Å². The van der Waals surface area contributed by atoms with Crippen molar-refractivity contribution in [2.45, 2.75) is 110 Å². The molecule has 1 amide bonds. The lowest BCUT2D eigenvalue weighted by atomic mass is 9.79. The molecular formula is C29H45NO5. The smallest absolute Gasteiger partial charge is 0.339 e. The molecule has 0 saturated carbocycles. The molecule has 6 nitrogen and oxygen atoms in total. The van der Waals surface area contributed by atoms with Crippen LogP contribution in [0.15, 0.2) is 11.6 Å². The Balaban J connectivity index is 1.76. The fraction of sp³-hybridized carbons (Fsp3) is 0.793. The third-order valence-corrected chi connectivity index (χ3v) is 8.38. The van der Waals surface area contributed by atoms with Gasteiger partial charge in [-0.2, -0.15) is 0 Å². The molecule has 3 rings (SSSR count). The molecule has 0 aromatic heterocycles. The molecule has 0 radical (unpaired) electrons. The number of rotatable bonds is 0. The second-order valence-electron chi connectivity index (χ2n) is 11.6. The molecule has 0 N–H and O–H groups in total. The molecule has 0 aromatic carbocycles. The van der Waals surface area contributed by atoms with Gasteiger partial charge in [-0.3, -0.25) is 14.4 Å². The minimum absolute atomic E-state index is 0.0116. The SMILES string of the molecule is CC1=CCC(=O)CCC(C)COC(=O)C23CCCCN2C(=O)C(C3=O)C(C)CCCCCC(C)C1. The van der Waals surface area contributed by atoms with Crippen molar-refractivity contribution >= 4 is 23.4 Å². The third kappa shape index (κ3) is 6.42. The van der Waals surface area contributed by atoms with Crippen molar-refractivity contribution in [1.29, 1.82) is 0 Å². The van der Waals surface area contributed by atoms with Crippen LogP contribution in [-0.2, 0) is 23.9 Å². The quantitative estimate of drug-likeness (QED) is 0.259. The topological polar surface area (TPSA) is 80.8 Å². The Morgan fingerprint density at radius 1 is 0.914 bits per heavy atom. The highest BCUT2D eigenvalue weighted by molar-refractivity contribution is 6.23. The lowest BCUT2D eigenvalue weighted by molar-refractivity contribution is -0.166. The minimum Gasteiger partial charge on any atom is -0.463 e. The standard InChI is InChI=1S/C29H45NO5/c1-20-10-6-5-7-11-23(4)25-26(32)29(16-8-9-17-30(29)27(25)33)28(34)35-19-22(3)13-15-24(31)14-12-21(2)18-20/h12,20,22-23,25H,5-11,13-19H2,1-4H3. The first-order valence-corrected chi connectivity index (χ1v) is 13.9. The van der Waals surface area contributed by atoms with Crippen LogP contribution in [0.1, 0.15) is 105 Å². The Morgan fingerprint density at radius 3 is 2.43 bits per heavy atom. The van der Waals surface area contributed by atoms with Gasteiger partial charge in [0.1, 0.15) is 11.7 Å². The zero-order valence-electron chi connectivity index (χ0n) is 22.3. The van der Waals surface area contributed by atoms with Crippen LogP contribution in [0.2, 0.25) is 0 Å². The summed E-state index contributed by atoms with van der Waals surface area (Å²) in [6.45, 7) is 8.93. The summed E-state index contributed by atoms with van der Waals surface area (Å²) in [5.41, 5.74) is -0.169. The summed E-state index contributed by atoms with van der Waals surface area (Å²) in [6.07, 6.45) is 11.6. The highest BCUT2D eigenvalue weighted by atomic mass is 16.5. The minimum atomic E-state index is -1.44. The maximum absolute atomic E-state index is 13.7. The maximum Gasteiger partial charge on any atom is 0.339 e. The highest BCUT2D eigenvalue weighted by Crippen LogP contribution is 2.43. The van der Waals surface area contributed by atoms with Gasteiger partial charge in [0.15, 0.2) is 11.3 Å². The van der Waals surface area contributed by atoms with E-state index in [0.717, 1.165) is 51.4 Å². The molecule has 2 saturated heterocycles. The van der Waals surface area contributed by atoms with Crippen molar-refractivity contribution < 1.29 is 23.9 Å². The van der Waals surface area contributed by atoms with E-state index in [-0.39, 0.29) is 35.9 Å². The number of cyclic esters (lactones) is 1. The molecule has 196 valence electrons. The lowest BCUT2D eigenvalue weighted by Crippen LogP contribution is -2.59. The van der Waals surface area contributed by atoms with Gasteiger partial charge in [-0.1, -0.05) is 58.1 Å². The normalized spacial score (nSPS) is 35.1. The number of carbonyl (C=O) groups is 4. The second-order valence-corrected chi connectivity index (χ2v) is 11.6. The Labute approximate surface area is 211 Å². The maximum atomic E-state index is 13.7. The van der Waals surface area contributed by atoms with Crippen molar-refractivity contribution in [3.63, 3.8) is 0 Å². The van der Waals surface area contributed by atoms with E-state index in [1.165, 1.54) is 5.57 Å². The number of carbonyl (C=O) groups excluding carboxylic acids is 4. The Bertz CT molecular complexity index is 833. The number of fused-ring (bicyclic) bond motifs is 1. The highest BCUT2D eigenvalue weighted by Gasteiger charge is 2.64. The van der Waals surface area contributed by atoms with Crippen LogP contribution in [0.3, 0.4) is 0 Å². The van der Waals surface area contributed by atoms with Crippen molar-refractivity contribution in [1.82, 2.24) is 4.90 Å². The van der Waals surface area contributed by atoms with Crippen molar-refractivity contribution in [2.75, 3.05) is 13.2 Å². The second kappa shape index (κ2) is 12.3. The Hall–Kier alpha value is -1.98. The number of hydrogen-bond acceptors (Lipinski definition) is 5. The monoisotopic (exact) mass is 487 g/mol. The number of piperidine rings is 1. The van der Waals surface area contributed by atoms with Gasteiger partial charge in [-0.25, -0.2) is 4.79 Å². The number of Topliss-reactive ketones (excluding diaryl/α,β-unsaturated/α-hetero) is 2. The zero-order chi connectivity index (χ0) is 25.6. The van der Waals surface area contributed by atoms with Crippen LogP contribution < -0.4 is 0 Å². The average molecular weight is 488 g/mol. The van der Waals surface area contributed by atoms with Gasteiger partial charge in [-0.05, 0) is 63.2 Å². The number of ether oxygens (including phenoxy) is 1. The molecule has 3 aliphatic rings. The summed E-state index contributed by atoms with van der Waals surface area (Å²) in [7, 11) is 0. The molecule has 2 bridgehead atoms. The first-order chi connectivity index (χ1) is 16.7. The van der Waals surface area contributed by atoms with Gasteiger partial charge >= 0.3 is 5.97 Å². The number of allylic oxidation sites excluding steroid dienone is 2. The first kappa shape index (κ1) is 27.6. The van der Waals surface area contributed by atoms with Gasteiger partial charge in [0.25, 0.3) is 0 Å². The van der Waals surface area contributed by atoms with E-state index in [2.05, 4.69) is 19.9 Å². The van der Waals surface area contributed by atoms with Crippen LogP contribution in [0.25, 0.3) is 0 Å². The third-order valence-electron chi connectivity index (χ3n) is 8.38. The fourth-order valence-corrected chi connectivity index (χ4v) is 6.14. The van der Waals surface area contributed by atoms with Gasteiger partial charge < -0.3 is 9.64 Å². The van der Waals surface area contributed by atoms with E-state index in [0.29, 0.717) is 38.1 Å². The summed E-state index contributed by atoms with van der Waals surface area (Å²) in [6, 6.07) is 0. The molecule has 1 spiro atoms. The molecule has 6 heteroatoms. The molecule has 35 heavy (non-hydrogen) atoms. The van der Waals surface area contributed by atoms with Crippen LogP contribution in [0, 0.1) is 23.7 Å². The van der Waals surface area contributed by atoms with E-state index in [9.17, 15) is 19.2 Å². The van der Waals surface area contributed by atoms with Gasteiger partial charge in [0, 0.05) is 19.4 Å². The molecule has 2 fully saturated rings. The van der Waals surface area contributed by atoms with E-state index in [4.69, 9.17) is 4.74 Å². The van der Waals surface area contributed by atoms with E-state index < -0.39 is 17.4 Å². The van der Waals surface area contributed by atoms with Crippen molar-refractivity contribution in [3.8, 4) is 0 Å². The van der Waals surface area contributed by atoms with Crippen LogP contribution in [-0.4, -0.2) is 47.0 Å². The molecule has 3 aliphatic heterocycles. The predicted molar refractivity (Wildman–Crippen MR) is 136 cm³/mol. The molecule has 3 heterocycles. The number of hydrogen-bond donors (Lipinski definition) is 0. The molecule has 5 atom stereocenters. The summed E-state index contributed by atoms with van der Waals surface area (Å²) in [4.78, 5) is 54.4. The number of esters is 1. The van der Waals surface area contributed by atoms with E-state index in [1.54, 1.807) is 4.90 Å². The van der Waals surface area contributed by atoms with Crippen molar-refractivity contribution in [3.05, 3.63) is 11.6 Å². The first-order valence-electron chi connectivity index (χ1n) is 13.9. The predicted octanol–water partition coefficient (Wildman–Crippen LogP) is 5.43. The fourth-order valence-electron chi connectivity index (χ4n) is 6.14. The number of amides is 1. The van der Waals surface area contributed by atoms with Crippen molar-refractivity contribution in [2.24, 2.45) is 23.7 Å². The van der Waals surface area contributed by atoms with Crippen LogP contribution in [0.4, 0.5) is 0 Å². The molecule has 0 aliphatic carbocycles. The van der Waals surface area contributed by atoms with Crippen LogP contribution >= 0.6 is 0 Å². The Morgan fingerprint density at radius 2 is 1.66 bits per heavy atom. The zero-order valence-corrected chi connectivity index (χ0v) is 22.3. The number of ketones is 2. The molecule has 0 aromatic rings. The average Bonchev–Trinajstić information content (AvgIpc) is 3.06. The van der Waals surface area contributed by atoms with Gasteiger partial charge in [-0.15, -0.1) is 0 Å². The summed E-state index contributed by atoms with van der Waals surface area (Å²) < 4.78 is 5.68. The van der Waals surface area contributed by atoms with Gasteiger partial charge in [0.05, 0.1) is 6.61 Å². The largest absolute Gasteiger partial charge is 0.463 e. The van der Waals surface area contributed by atoms with E-state index in [1.807, 2.05) is 13.8 Å². The summed E-state index contributed by atoms with van der Waals surface area (Å²) in [5, 5.41) is 0. The molecular weight excluding hydrogens is 442 g/mol. The van der Waals surface area contributed by atoms with Crippen LogP contribution in [0.5, 0.6) is 0 Å². The Kier molecular flexibility index (Phi) is 9.71. The lowest BCUT2D eigenvalue weighted by Gasteiger charge is -2.38. The molecule has 5 unspecified atom stereocenters.